The molecule has 0 spiro atoms. The van der Waals surface area contributed by atoms with Crippen LogP contribution >= 0.6 is 11.6 Å². The van der Waals surface area contributed by atoms with Crippen molar-refractivity contribution in [3.8, 4) is 5.75 Å². The molecule has 1 heterocycles. The van der Waals surface area contributed by atoms with E-state index in [1.165, 1.54) is 6.07 Å². The first-order valence-electron chi connectivity index (χ1n) is 11.3. The Morgan fingerprint density at radius 2 is 1.67 bits per heavy atom. The van der Waals surface area contributed by atoms with E-state index in [9.17, 15) is 9.18 Å². The molecule has 1 fully saturated rings. The van der Waals surface area contributed by atoms with Gasteiger partial charge in [0.05, 0.1) is 6.04 Å². The largest absolute Gasteiger partial charge is 0.492 e. The summed E-state index contributed by atoms with van der Waals surface area (Å²) in [5.41, 5.74) is 1.25. The molecule has 3 aromatic carbocycles. The molecule has 4 rings (SSSR count). The van der Waals surface area contributed by atoms with Gasteiger partial charge < -0.3 is 10.1 Å². The van der Waals surface area contributed by atoms with Gasteiger partial charge in [0.2, 0.25) is 5.91 Å². The van der Waals surface area contributed by atoms with E-state index in [2.05, 4.69) is 10.2 Å². The number of para-hydroxylation sites is 1. The smallest absolute Gasteiger partial charge is 0.223 e. The molecule has 172 valence electrons. The van der Waals surface area contributed by atoms with Crippen LogP contribution in [0.2, 0.25) is 5.02 Å². The summed E-state index contributed by atoms with van der Waals surface area (Å²) in [5, 5.41) is 3.69. The quantitative estimate of drug-likeness (QED) is 0.478. The highest BCUT2D eigenvalue weighted by atomic mass is 35.5. The molecule has 1 aliphatic rings. The lowest BCUT2D eigenvalue weighted by atomic mass is 9.93. The second-order valence-electron chi connectivity index (χ2n) is 8.29. The molecule has 0 unspecified atom stereocenters. The number of ether oxygens (including phenoxy) is 1. The maximum atomic E-state index is 14.6. The Bertz CT molecular complexity index is 1040. The Kier molecular flexibility index (Phi) is 7.97. The summed E-state index contributed by atoms with van der Waals surface area (Å²) in [6.45, 7) is 3.11. The third-order valence-electron chi connectivity index (χ3n) is 6.08. The van der Waals surface area contributed by atoms with Crippen molar-refractivity contribution in [3.05, 3.63) is 101 Å². The van der Waals surface area contributed by atoms with Gasteiger partial charge in [0.1, 0.15) is 18.2 Å². The van der Waals surface area contributed by atoms with Crippen LogP contribution in [0.1, 0.15) is 30.0 Å². The molecule has 0 saturated carbocycles. The normalized spacial score (nSPS) is 15.7. The number of hydrogen-bond donors (Lipinski definition) is 1. The highest BCUT2D eigenvalue weighted by Gasteiger charge is 2.28. The van der Waals surface area contributed by atoms with E-state index in [0.717, 1.165) is 43.8 Å². The van der Waals surface area contributed by atoms with Crippen LogP contribution in [-0.2, 0) is 4.79 Å². The van der Waals surface area contributed by atoms with E-state index in [1.54, 1.807) is 30.3 Å². The lowest BCUT2D eigenvalue weighted by Crippen LogP contribution is -2.42. The summed E-state index contributed by atoms with van der Waals surface area (Å²) in [5.74, 6) is 0.385. The standard InChI is InChI=1S/C27H28ClFN2O2/c28-22-12-10-20(11-13-22)26(24-8-4-5-9-25(24)29)30-27(32)21-14-16-31(17-15-21)18-19-33-23-6-2-1-3-7-23/h1-13,21,26H,14-19H2,(H,30,32)/t26-/m1/s1. The topological polar surface area (TPSA) is 41.6 Å². The van der Waals surface area contributed by atoms with E-state index in [0.29, 0.717) is 17.2 Å². The van der Waals surface area contributed by atoms with Crippen molar-refractivity contribution in [3.63, 3.8) is 0 Å². The number of hydrogen-bond acceptors (Lipinski definition) is 3. The van der Waals surface area contributed by atoms with Crippen molar-refractivity contribution in [2.75, 3.05) is 26.2 Å². The molecule has 1 atom stereocenters. The summed E-state index contributed by atoms with van der Waals surface area (Å²) in [6.07, 6.45) is 1.53. The lowest BCUT2D eigenvalue weighted by Gasteiger charge is -2.32. The molecule has 0 radical (unpaired) electrons. The number of amides is 1. The van der Waals surface area contributed by atoms with Gasteiger partial charge in [-0.25, -0.2) is 4.39 Å². The number of likely N-dealkylation sites (tertiary alicyclic amines) is 1. The molecule has 1 saturated heterocycles. The zero-order chi connectivity index (χ0) is 23.0. The zero-order valence-corrected chi connectivity index (χ0v) is 19.2. The Balaban J connectivity index is 1.34. The van der Waals surface area contributed by atoms with Gasteiger partial charge in [0.15, 0.2) is 0 Å². The molecule has 1 amide bonds. The second kappa shape index (κ2) is 11.3. The number of nitrogens with one attached hydrogen (secondary N) is 1. The molecule has 3 aromatic rings. The Hall–Kier alpha value is -2.89. The van der Waals surface area contributed by atoms with Crippen LogP contribution in [0.4, 0.5) is 4.39 Å². The fourth-order valence-electron chi connectivity index (χ4n) is 4.19. The first kappa shape index (κ1) is 23.3. The molecule has 0 aliphatic carbocycles. The predicted molar refractivity (Wildman–Crippen MR) is 129 cm³/mol. The molecule has 4 nitrogen and oxygen atoms in total. The SMILES string of the molecule is O=C(N[C@H](c1ccc(Cl)cc1)c1ccccc1F)C1CCN(CCOc2ccccc2)CC1. The van der Waals surface area contributed by atoms with Crippen molar-refractivity contribution < 1.29 is 13.9 Å². The number of piperidine rings is 1. The Morgan fingerprint density at radius 3 is 2.36 bits per heavy atom. The number of halogens is 2. The van der Waals surface area contributed by atoms with Crippen molar-refractivity contribution in [2.24, 2.45) is 5.92 Å². The number of benzene rings is 3. The monoisotopic (exact) mass is 466 g/mol. The van der Waals surface area contributed by atoms with Crippen molar-refractivity contribution in [1.29, 1.82) is 0 Å². The van der Waals surface area contributed by atoms with E-state index in [4.69, 9.17) is 16.3 Å². The van der Waals surface area contributed by atoms with Gasteiger partial charge in [-0.1, -0.05) is 60.1 Å². The van der Waals surface area contributed by atoms with Gasteiger partial charge >= 0.3 is 0 Å². The van der Waals surface area contributed by atoms with Crippen LogP contribution in [0.15, 0.2) is 78.9 Å². The number of nitrogens with zero attached hydrogens (tertiary/aromatic N) is 1. The van der Waals surface area contributed by atoms with Crippen molar-refractivity contribution >= 4 is 17.5 Å². The van der Waals surface area contributed by atoms with Gasteiger partial charge in [-0.05, 0) is 61.8 Å². The highest BCUT2D eigenvalue weighted by molar-refractivity contribution is 6.30. The van der Waals surface area contributed by atoms with Crippen LogP contribution in [0.25, 0.3) is 0 Å². The maximum Gasteiger partial charge on any atom is 0.223 e. The second-order valence-corrected chi connectivity index (χ2v) is 8.73. The molecule has 1 aliphatic heterocycles. The third-order valence-corrected chi connectivity index (χ3v) is 6.34. The number of carbonyl (C=O) groups is 1. The maximum absolute atomic E-state index is 14.6. The van der Waals surface area contributed by atoms with E-state index >= 15 is 0 Å². The fraction of sp³-hybridized carbons (Fsp3) is 0.296. The van der Waals surface area contributed by atoms with Gasteiger partial charge in [0, 0.05) is 23.0 Å². The Morgan fingerprint density at radius 1 is 1.00 bits per heavy atom. The molecule has 6 heteroatoms. The summed E-state index contributed by atoms with van der Waals surface area (Å²) in [7, 11) is 0. The van der Waals surface area contributed by atoms with Gasteiger partial charge in [0.25, 0.3) is 0 Å². The average molecular weight is 467 g/mol. The van der Waals surface area contributed by atoms with Gasteiger partial charge in [-0.2, -0.15) is 0 Å². The minimum Gasteiger partial charge on any atom is -0.492 e. The zero-order valence-electron chi connectivity index (χ0n) is 18.4. The summed E-state index contributed by atoms with van der Waals surface area (Å²) < 4.78 is 20.4. The summed E-state index contributed by atoms with van der Waals surface area (Å²) >= 11 is 6.03. The van der Waals surface area contributed by atoms with Gasteiger partial charge in [-0.3, -0.25) is 9.69 Å². The van der Waals surface area contributed by atoms with Crippen molar-refractivity contribution in [2.45, 2.75) is 18.9 Å². The first-order valence-corrected chi connectivity index (χ1v) is 11.7. The molecular weight excluding hydrogens is 439 g/mol. The minimum absolute atomic E-state index is 0.0432. The molecular formula is C27H28ClFN2O2. The average Bonchev–Trinajstić information content (AvgIpc) is 2.85. The van der Waals surface area contributed by atoms with Gasteiger partial charge in [-0.15, -0.1) is 0 Å². The molecule has 33 heavy (non-hydrogen) atoms. The lowest BCUT2D eigenvalue weighted by molar-refractivity contribution is -0.127. The highest BCUT2D eigenvalue weighted by Crippen LogP contribution is 2.27. The molecule has 0 bridgehead atoms. The van der Waals surface area contributed by atoms with Crippen LogP contribution in [0.3, 0.4) is 0 Å². The van der Waals surface area contributed by atoms with Crippen LogP contribution in [-0.4, -0.2) is 37.0 Å². The first-order chi connectivity index (χ1) is 16.1. The van der Waals surface area contributed by atoms with Crippen LogP contribution in [0, 0.1) is 11.7 Å². The third kappa shape index (κ3) is 6.34. The molecule has 1 N–H and O–H groups in total. The van der Waals surface area contributed by atoms with Crippen LogP contribution < -0.4 is 10.1 Å². The van der Waals surface area contributed by atoms with E-state index < -0.39 is 6.04 Å². The van der Waals surface area contributed by atoms with Crippen LogP contribution in [0.5, 0.6) is 5.75 Å². The van der Waals surface area contributed by atoms with Crippen molar-refractivity contribution in [1.82, 2.24) is 10.2 Å². The fourth-order valence-corrected chi connectivity index (χ4v) is 4.32. The molecule has 0 aromatic heterocycles. The summed E-state index contributed by atoms with van der Waals surface area (Å²) in [4.78, 5) is 15.5. The minimum atomic E-state index is -0.562. The van der Waals surface area contributed by atoms with E-state index in [-0.39, 0.29) is 17.6 Å². The number of rotatable bonds is 8. The summed E-state index contributed by atoms with van der Waals surface area (Å²) in [6, 6.07) is 22.9. The Labute approximate surface area is 199 Å². The number of carbonyl (C=O) groups excluding carboxylic acids is 1. The van der Waals surface area contributed by atoms with E-state index in [1.807, 2.05) is 42.5 Å². The predicted octanol–water partition coefficient (Wildman–Crippen LogP) is 5.48.